The van der Waals surface area contributed by atoms with Gasteiger partial charge in [-0.1, -0.05) is 0 Å². The van der Waals surface area contributed by atoms with Gasteiger partial charge in [-0.15, -0.1) is 0 Å². The number of carbonyl (C=O) groups is 1. The summed E-state index contributed by atoms with van der Waals surface area (Å²) in [5.74, 6) is -0.916. The third-order valence-corrected chi connectivity index (χ3v) is 1.89. The van der Waals surface area contributed by atoms with Crippen LogP contribution in [0.25, 0.3) is 0 Å². The molecule has 0 aromatic carbocycles. The third-order valence-electron chi connectivity index (χ3n) is 1.45. The molecule has 15 heavy (non-hydrogen) atoms. The van der Waals surface area contributed by atoms with Gasteiger partial charge in [0.1, 0.15) is 11.2 Å². The number of carbonyl (C=O) groups excluding carboxylic acids is 1. The highest BCUT2D eigenvalue weighted by Gasteiger charge is 2.21. The number of ether oxygens (including phenoxy) is 1. The summed E-state index contributed by atoms with van der Waals surface area (Å²) in [5, 5.41) is 9.37. The molecule has 0 fully saturated rings. The van der Waals surface area contributed by atoms with E-state index < -0.39 is 11.6 Å². The Labute approximate surface area is 96.4 Å². The number of hydrogen-bond acceptors (Lipinski definition) is 4. The normalized spacial score (nSPS) is 11.2. The molecule has 0 radical (unpaired) electrons. The molecule has 0 saturated heterocycles. The lowest BCUT2D eigenvalue weighted by Gasteiger charge is -2.19. The largest absolute Gasteiger partial charge is 0.493 e. The van der Waals surface area contributed by atoms with Crippen LogP contribution in [0, 0.1) is 0 Å². The van der Waals surface area contributed by atoms with Gasteiger partial charge in [-0.3, -0.25) is 0 Å². The maximum absolute atomic E-state index is 11.6. The molecule has 1 aromatic heterocycles. The first-order valence-corrected chi connectivity index (χ1v) is 5.17. The van der Waals surface area contributed by atoms with E-state index in [1.54, 1.807) is 20.8 Å². The maximum Gasteiger partial charge on any atom is 0.344 e. The van der Waals surface area contributed by atoms with Crippen molar-refractivity contribution in [2.24, 2.45) is 0 Å². The van der Waals surface area contributed by atoms with E-state index in [1.807, 2.05) is 0 Å². The minimum Gasteiger partial charge on any atom is -0.493 e. The first-order chi connectivity index (χ1) is 6.79. The highest BCUT2D eigenvalue weighted by molar-refractivity contribution is 9.10. The first kappa shape index (κ1) is 12.0. The maximum atomic E-state index is 11.6. The van der Waals surface area contributed by atoms with Gasteiger partial charge in [0.2, 0.25) is 5.88 Å². The van der Waals surface area contributed by atoms with Gasteiger partial charge in [0.25, 0.3) is 0 Å². The van der Waals surface area contributed by atoms with Gasteiger partial charge >= 0.3 is 5.97 Å². The van der Waals surface area contributed by atoms with Crippen LogP contribution < -0.4 is 0 Å². The fourth-order valence-electron chi connectivity index (χ4n) is 0.915. The molecule has 0 aliphatic carbocycles. The Balaban J connectivity index is 2.96. The van der Waals surface area contributed by atoms with E-state index in [2.05, 4.69) is 20.9 Å². The minimum atomic E-state index is -0.591. The third kappa shape index (κ3) is 3.51. The molecule has 0 atom stereocenters. The Kier molecular flexibility index (Phi) is 3.34. The second kappa shape index (κ2) is 4.18. The highest BCUT2D eigenvalue weighted by Crippen LogP contribution is 2.21. The molecule has 1 rings (SSSR count). The van der Waals surface area contributed by atoms with Crippen LogP contribution in [0.15, 0.2) is 16.7 Å². The van der Waals surface area contributed by atoms with Crippen LogP contribution in [-0.2, 0) is 4.74 Å². The highest BCUT2D eigenvalue weighted by atomic mass is 79.9. The van der Waals surface area contributed by atoms with E-state index in [-0.39, 0.29) is 11.4 Å². The van der Waals surface area contributed by atoms with Gasteiger partial charge in [-0.05, 0) is 42.8 Å². The van der Waals surface area contributed by atoms with Gasteiger partial charge < -0.3 is 9.84 Å². The summed E-state index contributed by atoms with van der Waals surface area (Å²) in [7, 11) is 0. The van der Waals surface area contributed by atoms with Crippen LogP contribution in [0.2, 0.25) is 0 Å². The predicted octanol–water partition coefficient (Wildman–Crippen LogP) is 2.51. The number of aromatic hydroxyl groups is 1. The van der Waals surface area contributed by atoms with Crippen LogP contribution in [0.4, 0.5) is 0 Å². The van der Waals surface area contributed by atoms with Crippen molar-refractivity contribution in [1.82, 2.24) is 4.98 Å². The number of esters is 1. The van der Waals surface area contributed by atoms with E-state index in [1.165, 1.54) is 12.3 Å². The molecular weight excluding hydrogens is 262 g/mol. The summed E-state index contributed by atoms with van der Waals surface area (Å²) in [6, 6.07) is 1.47. The molecule has 0 spiro atoms. The van der Waals surface area contributed by atoms with Gasteiger partial charge in [0.15, 0.2) is 0 Å². The van der Waals surface area contributed by atoms with Gasteiger partial charge in [-0.2, -0.15) is 0 Å². The zero-order chi connectivity index (χ0) is 11.6. The Morgan fingerprint density at radius 2 is 2.13 bits per heavy atom. The Bertz CT molecular complexity index is 385. The molecular formula is C10H12BrNO3. The molecule has 0 saturated carbocycles. The summed E-state index contributed by atoms with van der Waals surface area (Å²) in [4.78, 5) is 15.2. The second-order valence-corrected chi connectivity index (χ2v) is 4.94. The van der Waals surface area contributed by atoms with Crippen molar-refractivity contribution in [3.8, 4) is 5.88 Å². The molecule has 82 valence electrons. The summed E-state index contributed by atoms with van der Waals surface area (Å²) in [6.07, 6.45) is 1.41. The standard InChI is InChI=1S/C10H12BrNO3/c1-10(2,3)15-9(14)7-4-6(11)5-12-8(7)13/h4-5H,1-3H3,(H,12,13). The summed E-state index contributed by atoms with van der Waals surface area (Å²) in [6.45, 7) is 5.27. The van der Waals surface area contributed by atoms with Crippen LogP contribution in [0.3, 0.4) is 0 Å². The lowest BCUT2D eigenvalue weighted by molar-refractivity contribution is 0.00660. The van der Waals surface area contributed by atoms with Gasteiger partial charge in [0.05, 0.1) is 0 Å². The monoisotopic (exact) mass is 273 g/mol. The quantitative estimate of drug-likeness (QED) is 0.799. The number of aromatic nitrogens is 1. The topological polar surface area (TPSA) is 59.4 Å². The Morgan fingerprint density at radius 3 is 2.67 bits per heavy atom. The minimum absolute atomic E-state index is 0.0549. The van der Waals surface area contributed by atoms with Crippen molar-refractivity contribution < 1.29 is 14.6 Å². The molecule has 1 aromatic rings. The lowest BCUT2D eigenvalue weighted by atomic mass is 10.2. The molecule has 0 amide bonds. The summed E-state index contributed by atoms with van der Waals surface area (Å²) in [5.41, 5.74) is -0.537. The second-order valence-electron chi connectivity index (χ2n) is 4.03. The van der Waals surface area contributed by atoms with Crippen molar-refractivity contribution in [3.63, 3.8) is 0 Å². The number of pyridine rings is 1. The first-order valence-electron chi connectivity index (χ1n) is 4.37. The van der Waals surface area contributed by atoms with Crippen molar-refractivity contribution in [3.05, 3.63) is 22.3 Å². The lowest BCUT2D eigenvalue weighted by Crippen LogP contribution is -2.24. The van der Waals surface area contributed by atoms with E-state index in [9.17, 15) is 9.90 Å². The summed E-state index contributed by atoms with van der Waals surface area (Å²) >= 11 is 3.16. The van der Waals surface area contributed by atoms with E-state index in [0.717, 1.165) is 0 Å². The predicted molar refractivity (Wildman–Crippen MR) is 58.8 cm³/mol. The molecule has 4 nitrogen and oxygen atoms in total. The van der Waals surface area contributed by atoms with Crippen molar-refractivity contribution in [2.75, 3.05) is 0 Å². The number of hydrogen-bond donors (Lipinski definition) is 1. The van der Waals surface area contributed by atoms with Crippen molar-refractivity contribution in [2.45, 2.75) is 26.4 Å². The van der Waals surface area contributed by atoms with Gasteiger partial charge in [0, 0.05) is 10.7 Å². The zero-order valence-corrected chi connectivity index (χ0v) is 10.3. The average Bonchev–Trinajstić information content (AvgIpc) is 2.06. The van der Waals surface area contributed by atoms with E-state index in [4.69, 9.17) is 4.74 Å². The number of rotatable bonds is 1. The fourth-order valence-corrected chi connectivity index (χ4v) is 1.25. The molecule has 1 N–H and O–H groups in total. The van der Waals surface area contributed by atoms with Gasteiger partial charge in [-0.25, -0.2) is 9.78 Å². The number of halogens is 1. The average molecular weight is 274 g/mol. The molecule has 0 bridgehead atoms. The molecule has 1 heterocycles. The van der Waals surface area contributed by atoms with Crippen LogP contribution in [0.1, 0.15) is 31.1 Å². The van der Waals surface area contributed by atoms with Crippen LogP contribution >= 0.6 is 15.9 Å². The molecule has 5 heteroatoms. The fraction of sp³-hybridized carbons (Fsp3) is 0.400. The Hall–Kier alpha value is -1.10. The van der Waals surface area contributed by atoms with Crippen molar-refractivity contribution >= 4 is 21.9 Å². The van der Waals surface area contributed by atoms with Crippen LogP contribution in [0.5, 0.6) is 5.88 Å². The van der Waals surface area contributed by atoms with E-state index >= 15 is 0 Å². The van der Waals surface area contributed by atoms with Crippen LogP contribution in [-0.4, -0.2) is 21.7 Å². The summed E-state index contributed by atoms with van der Waals surface area (Å²) < 4.78 is 5.71. The molecule has 0 aliphatic rings. The number of nitrogens with zero attached hydrogens (tertiary/aromatic N) is 1. The smallest absolute Gasteiger partial charge is 0.344 e. The molecule has 0 aliphatic heterocycles. The SMILES string of the molecule is CC(C)(C)OC(=O)c1cc(Br)cnc1O. The zero-order valence-electron chi connectivity index (χ0n) is 8.74. The Morgan fingerprint density at radius 1 is 1.53 bits per heavy atom. The van der Waals surface area contributed by atoms with Crippen molar-refractivity contribution in [1.29, 1.82) is 0 Å². The molecule has 0 unspecified atom stereocenters. The van der Waals surface area contributed by atoms with E-state index in [0.29, 0.717) is 4.47 Å².